The number of aromatic amines is 2. The van der Waals surface area contributed by atoms with Gasteiger partial charge in [-0.3, -0.25) is 0 Å². The van der Waals surface area contributed by atoms with Crippen LogP contribution in [0.5, 0.6) is 0 Å². The molecule has 4 nitrogen and oxygen atoms in total. The largest absolute Gasteiger partial charge is 0.416 e. The Hall–Kier alpha value is -5.38. The molecule has 0 fully saturated rings. The second-order valence-corrected chi connectivity index (χ2v) is 10.4. The Morgan fingerprint density at radius 1 is 0.455 bits per heavy atom. The van der Waals surface area contributed by atoms with E-state index in [4.69, 9.17) is 9.97 Å². The van der Waals surface area contributed by atoms with Gasteiger partial charge in [-0.05, 0) is 96.1 Å². The van der Waals surface area contributed by atoms with Crippen LogP contribution in [0.1, 0.15) is 33.9 Å². The number of hydrogen-bond donors (Lipinski definition) is 2. The normalized spacial score (nSPS) is 13.0. The van der Waals surface area contributed by atoms with E-state index in [1.165, 1.54) is 24.3 Å². The monoisotopic (exact) mass is 598 g/mol. The molecule has 0 spiro atoms. The van der Waals surface area contributed by atoms with Crippen LogP contribution in [0.4, 0.5) is 26.3 Å². The summed E-state index contributed by atoms with van der Waals surface area (Å²) in [6, 6.07) is 20.9. The van der Waals surface area contributed by atoms with Crippen molar-refractivity contribution in [3.63, 3.8) is 0 Å². The molecule has 2 N–H and O–H groups in total. The summed E-state index contributed by atoms with van der Waals surface area (Å²) in [7, 11) is 0. The van der Waals surface area contributed by atoms with Gasteiger partial charge >= 0.3 is 12.4 Å². The van der Waals surface area contributed by atoms with Crippen molar-refractivity contribution in [1.82, 2.24) is 19.9 Å². The van der Waals surface area contributed by atoms with Crippen molar-refractivity contribution >= 4 is 46.4 Å². The van der Waals surface area contributed by atoms with Gasteiger partial charge in [0.1, 0.15) is 0 Å². The molecule has 0 atom stereocenters. The van der Waals surface area contributed by atoms with Crippen LogP contribution < -0.4 is 0 Å². The number of nitrogens with one attached hydrogen (secondary N) is 2. The molecule has 0 unspecified atom stereocenters. The van der Waals surface area contributed by atoms with Gasteiger partial charge in [0.15, 0.2) is 0 Å². The molecule has 0 saturated carbocycles. The highest BCUT2D eigenvalue weighted by atomic mass is 19.4. The van der Waals surface area contributed by atoms with Crippen LogP contribution in [-0.2, 0) is 12.4 Å². The molecule has 0 radical (unpaired) electrons. The summed E-state index contributed by atoms with van der Waals surface area (Å²) in [6.07, 6.45) is -1.74. The quantitative estimate of drug-likeness (QED) is 0.195. The zero-order valence-electron chi connectivity index (χ0n) is 22.6. The molecule has 218 valence electrons. The number of H-pyrrole nitrogens is 2. The molecule has 5 aromatic rings. The van der Waals surface area contributed by atoms with Crippen molar-refractivity contribution in [2.75, 3.05) is 0 Å². The molecule has 44 heavy (non-hydrogen) atoms. The van der Waals surface area contributed by atoms with Gasteiger partial charge in [-0.15, -0.1) is 0 Å². The van der Waals surface area contributed by atoms with E-state index in [2.05, 4.69) is 9.97 Å². The van der Waals surface area contributed by atoms with Crippen LogP contribution in [0.2, 0.25) is 0 Å². The van der Waals surface area contributed by atoms with Crippen molar-refractivity contribution < 1.29 is 26.3 Å². The SMILES string of the molecule is FC(F)(F)c1ccc(-c2c3nc(cc4ccc([nH]4)c(-c4ccc(C(F)(F)F)cc4)c4ccc(cc5nc2C=C5)[nH]4)C=C3)cc1. The van der Waals surface area contributed by atoms with Crippen LogP contribution in [0.15, 0.2) is 84.9 Å². The van der Waals surface area contributed by atoms with Crippen LogP contribution in [0, 0.1) is 0 Å². The smallest absolute Gasteiger partial charge is 0.355 e. The fourth-order valence-corrected chi connectivity index (χ4v) is 5.33. The minimum Gasteiger partial charge on any atom is -0.355 e. The molecule has 2 aromatic carbocycles. The van der Waals surface area contributed by atoms with Crippen LogP contribution in [0.3, 0.4) is 0 Å². The van der Waals surface area contributed by atoms with Crippen molar-refractivity contribution in [3.05, 3.63) is 119 Å². The summed E-state index contributed by atoms with van der Waals surface area (Å²) in [6.45, 7) is 0. The van der Waals surface area contributed by atoms with Crippen LogP contribution in [-0.4, -0.2) is 19.9 Å². The van der Waals surface area contributed by atoms with Gasteiger partial charge < -0.3 is 9.97 Å². The number of benzene rings is 2. The number of halogens is 6. The predicted molar refractivity (Wildman–Crippen MR) is 160 cm³/mol. The summed E-state index contributed by atoms with van der Waals surface area (Å²) in [4.78, 5) is 16.2. The van der Waals surface area contributed by atoms with Gasteiger partial charge in [-0.25, -0.2) is 9.97 Å². The van der Waals surface area contributed by atoms with Gasteiger partial charge in [-0.2, -0.15) is 26.3 Å². The van der Waals surface area contributed by atoms with Gasteiger partial charge in [0, 0.05) is 33.2 Å². The Morgan fingerprint density at radius 3 is 1.27 bits per heavy atom. The zero-order valence-corrected chi connectivity index (χ0v) is 22.6. The maximum absolute atomic E-state index is 13.3. The van der Waals surface area contributed by atoms with E-state index in [-0.39, 0.29) is 0 Å². The first kappa shape index (κ1) is 27.5. The second kappa shape index (κ2) is 10.1. The maximum Gasteiger partial charge on any atom is 0.416 e. The fraction of sp³-hybridized carbons (Fsp3) is 0.0588. The van der Waals surface area contributed by atoms with Gasteiger partial charge in [-0.1, -0.05) is 24.3 Å². The Balaban J connectivity index is 1.47. The Morgan fingerprint density at radius 2 is 0.864 bits per heavy atom. The highest BCUT2D eigenvalue weighted by Crippen LogP contribution is 2.36. The average Bonchev–Trinajstić information content (AvgIpc) is 3.79. The van der Waals surface area contributed by atoms with E-state index in [1.54, 1.807) is 24.3 Å². The molecule has 3 aromatic heterocycles. The Bertz CT molecular complexity index is 2030. The molecule has 2 aliphatic heterocycles. The summed E-state index contributed by atoms with van der Waals surface area (Å²) in [5.41, 5.74) is 5.92. The third kappa shape index (κ3) is 5.19. The zero-order chi connectivity index (χ0) is 30.6. The molecular weight excluding hydrogens is 578 g/mol. The molecule has 10 heteroatoms. The minimum absolute atomic E-state index is 0.536. The first-order chi connectivity index (χ1) is 21.0. The van der Waals surface area contributed by atoms with E-state index in [9.17, 15) is 26.3 Å². The van der Waals surface area contributed by atoms with E-state index in [0.29, 0.717) is 67.1 Å². The summed E-state index contributed by atoms with van der Waals surface area (Å²) in [5, 5.41) is 0. The van der Waals surface area contributed by atoms with Gasteiger partial charge in [0.05, 0.1) is 33.9 Å². The lowest BCUT2D eigenvalue weighted by Crippen LogP contribution is -2.04. The lowest BCUT2D eigenvalue weighted by molar-refractivity contribution is -0.138. The predicted octanol–water partition coefficient (Wildman–Crippen LogP) is 10.0. The van der Waals surface area contributed by atoms with Crippen LogP contribution in [0.25, 0.3) is 68.6 Å². The van der Waals surface area contributed by atoms with Crippen molar-refractivity contribution in [2.24, 2.45) is 0 Å². The second-order valence-electron chi connectivity index (χ2n) is 10.4. The van der Waals surface area contributed by atoms with Gasteiger partial charge in [0.25, 0.3) is 0 Å². The minimum atomic E-state index is -4.46. The summed E-state index contributed by atoms with van der Waals surface area (Å²) in [5.74, 6) is 0. The first-order valence-electron chi connectivity index (χ1n) is 13.5. The lowest BCUT2D eigenvalue weighted by atomic mass is 10.0. The highest BCUT2D eigenvalue weighted by Gasteiger charge is 2.31. The number of aromatic nitrogens is 4. The number of rotatable bonds is 2. The number of alkyl halides is 6. The first-order valence-corrected chi connectivity index (χ1v) is 13.5. The van der Waals surface area contributed by atoms with Gasteiger partial charge in [0.2, 0.25) is 0 Å². The van der Waals surface area contributed by atoms with E-state index >= 15 is 0 Å². The number of fused-ring (bicyclic) bond motifs is 8. The third-order valence-corrected chi connectivity index (χ3v) is 7.40. The molecule has 8 bridgehead atoms. The molecule has 2 aliphatic rings. The van der Waals surface area contributed by atoms with Crippen molar-refractivity contribution in [3.8, 4) is 22.3 Å². The summed E-state index contributed by atoms with van der Waals surface area (Å²) < 4.78 is 79.6. The van der Waals surface area contributed by atoms with E-state index in [1.807, 2.05) is 36.4 Å². The molecule has 0 aliphatic carbocycles. The number of nitrogens with zero attached hydrogens (tertiary/aromatic N) is 2. The average molecular weight is 599 g/mol. The molecule has 5 heterocycles. The van der Waals surface area contributed by atoms with Crippen molar-refractivity contribution in [2.45, 2.75) is 12.4 Å². The lowest BCUT2D eigenvalue weighted by Gasteiger charge is -2.09. The third-order valence-electron chi connectivity index (χ3n) is 7.40. The molecule has 7 rings (SSSR count). The van der Waals surface area contributed by atoms with Crippen molar-refractivity contribution in [1.29, 1.82) is 0 Å². The maximum atomic E-state index is 13.3. The standard InChI is InChI=1S/C34H20F6N4/c35-33(36,37)21-5-1-19(2-6-21)31-27-13-9-23(41-27)17-25-11-15-29(43-25)32(20-3-7-22(8-4-20)34(38,39)40)30-16-12-26(44-30)18-24-10-14-28(31)42-24/h1-18,41-42H. The van der Waals surface area contributed by atoms with Crippen LogP contribution >= 0.6 is 0 Å². The van der Waals surface area contributed by atoms with E-state index < -0.39 is 23.5 Å². The molecule has 0 amide bonds. The Kier molecular flexibility index (Phi) is 6.31. The Labute approximate surface area is 246 Å². The van der Waals surface area contributed by atoms with E-state index in [0.717, 1.165) is 24.3 Å². The number of hydrogen-bond acceptors (Lipinski definition) is 2. The topological polar surface area (TPSA) is 57.4 Å². The molecule has 0 saturated heterocycles. The highest BCUT2D eigenvalue weighted by molar-refractivity contribution is 5.94. The molecular formula is C34H20F6N4. The fourth-order valence-electron chi connectivity index (χ4n) is 5.33. The summed E-state index contributed by atoms with van der Waals surface area (Å²) >= 11 is 0.